The molecule has 0 spiro atoms. The quantitative estimate of drug-likeness (QED) is 0.369. The van der Waals surface area contributed by atoms with E-state index in [0.29, 0.717) is 23.0 Å². The van der Waals surface area contributed by atoms with Crippen LogP contribution >= 0.6 is 23.2 Å². The summed E-state index contributed by atoms with van der Waals surface area (Å²) in [4.78, 5) is 28.8. The van der Waals surface area contributed by atoms with Crippen LogP contribution in [0, 0.1) is 0 Å². The monoisotopic (exact) mass is 496 g/mol. The topological polar surface area (TPSA) is 49.4 Å². The summed E-state index contributed by atoms with van der Waals surface area (Å²) in [7, 11) is 0. The normalized spacial score (nSPS) is 12.6. The van der Waals surface area contributed by atoms with Gasteiger partial charge in [-0.3, -0.25) is 9.59 Å². The van der Waals surface area contributed by atoms with Gasteiger partial charge in [0.2, 0.25) is 11.8 Å². The van der Waals surface area contributed by atoms with Crippen LogP contribution in [0.25, 0.3) is 0 Å². The Morgan fingerprint density at radius 3 is 1.94 bits per heavy atom. The molecule has 178 valence electrons. The summed E-state index contributed by atoms with van der Waals surface area (Å²) >= 11 is 12.1. The van der Waals surface area contributed by atoms with Crippen molar-refractivity contribution >= 4 is 35.0 Å². The smallest absolute Gasteiger partial charge is 0.243 e. The second kappa shape index (κ2) is 12.6. The first-order chi connectivity index (χ1) is 16.4. The zero-order valence-electron chi connectivity index (χ0n) is 19.5. The highest BCUT2D eigenvalue weighted by molar-refractivity contribution is 6.30. The van der Waals surface area contributed by atoms with Crippen LogP contribution in [-0.2, 0) is 29.0 Å². The van der Waals surface area contributed by atoms with E-state index in [1.54, 1.807) is 29.2 Å². The van der Waals surface area contributed by atoms with E-state index in [9.17, 15) is 9.59 Å². The van der Waals surface area contributed by atoms with Crippen molar-refractivity contribution in [3.63, 3.8) is 0 Å². The van der Waals surface area contributed by atoms with Crippen molar-refractivity contribution < 1.29 is 9.59 Å². The Hall–Kier alpha value is -2.82. The highest BCUT2D eigenvalue weighted by atomic mass is 35.5. The van der Waals surface area contributed by atoms with E-state index in [2.05, 4.69) is 5.32 Å². The predicted molar refractivity (Wildman–Crippen MR) is 139 cm³/mol. The molecule has 0 fully saturated rings. The second-order valence-electron chi connectivity index (χ2n) is 8.47. The van der Waals surface area contributed by atoms with E-state index in [-0.39, 0.29) is 24.3 Å². The molecule has 4 nitrogen and oxygen atoms in total. The fourth-order valence-corrected chi connectivity index (χ4v) is 3.91. The molecular weight excluding hydrogens is 467 g/mol. The number of rotatable bonds is 10. The molecule has 0 heterocycles. The summed E-state index contributed by atoms with van der Waals surface area (Å²) in [5.74, 6) is -0.283. The van der Waals surface area contributed by atoms with Gasteiger partial charge in [0.1, 0.15) is 6.04 Å². The summed E-state index contributed by atoms with van der Waals surface area (Å²) in [6, 6.07) is 23.7. The van der Waals surface area contributed by atoms with Crippen LogP contribution in [0.3, 0.4) is 0 Å². The number of hydrogen-bond donors (Lipinski definition) is 1. The number of carbonyl (C=O) groups is 2. The van der Waals surface area contributed by atoms with Gasteiger partial charge in [-0.2, -0.15) is 0 Å². The molecule has 6 heteroatoms. The van der Waals surface area contributed by atoms with E-state index >= 15 is 0 Å². The first-order valence-electron chi connectivity index (χ1n) is 11.5. The zero-order chi connectivity index (χ0) is 24.5. The third-order valence-electron chi connectivity index (χ3n) is 5.81. The Kier molecular flexibility index (Phi) is 9.55. The molecular formula is C28H30Cl2N2O2. The average molecular weight is 497 g/mol. The number of carbonyl (C=O) groups excluding carboxylic acids is 2. The van der Waals surface area contributed by atoms with Gasteiger partial charge in [-0.25, -0.2) is 0 Å². The molecule has 0 aliphatic heterocycles. The van der Waals surface area contributed by atoms with Crippen molar-refractivity contribution in [3.8, 4) is 0 Å². The Morgan fingerprint density at radius 1 is 0.824 bits per heavy atom. The van der Waals surface area contributed by atoms with Crippen molar-refractivity contribution in [2.75, 3.05) is 0 Å². The average Bonchev–Trinajstić information content (AvgIpc) is 2.84. The Balaban J connectivity index is 1.95. The lowest BCUT2D eigenvalue weighted by atomic mass is 10.0. The fourth-order valence-electron chi connectivity index (χ4n) is 3.66. The summed E-state index contributed by atoms with van der Waals surface area (Å²) in [6.07, 6.45) is 1.40. The Morgan fingerprint density at radius 2 is 1.38 bits per heavy atom. The zero-order valence-corrected chi connectivity index (χ0v) is 21.0. The van der Waals surface area contributed by atoms with Crippen LogP contribution in [0.4, 0.5) is 0 Å². The summed E-state index contributed by atoms with van der Waals surface area (Å²) in [5.41, 5.74) is 2.74. The molecule has 0 aliphatic carbocycles. The van der Waals surface area contributed by atoms with Crippen LogP contribution in [0.5, 0.6) is 0 Å². The highest BCUT2D eigenvalue weighted by Gasteiger charge is 2.31. The summed E-state index contributed by atoms with van der Waals surface area (Å²) in [6.45, 7) is 4.29. The lowest BCUT2D eigenvalue weighted by Gasteiger charge is -2.32. The maximum atomic E-state index is 13.6. The Bertz CT molecular complexity index is 1070. The van der Waals surface area contributed by atoms with E-state index in [1.165, 1.54) is 0 Å². The third-order valence-corrected chi connectivity index (χ3v) is 6.31. The van der Waals surface area contributed by atoms with Crippen molar-refractivity contribution in [2.45, 2.75) is 51.7 Å². The van der Waals surface area contributed by atoms with Crippen molar-refractivity contribution in [1.82, 2.24) is 10.2 Å². The maximum absolute atomic E-state index is 13.6. The molecule has 2 amide bonds. The number of hydrogen-bond acceptors (Lipinski definition) is 2. The molecule has 0 bridgehead atoms. The van der Waals surface area contributed by atoms with Gasteiger partial charge in [0.15, 0.2) is 0 Å². The minimum atomic E-state index is -0.660. The molecule has 1 N–H and O–H groups in total. The van der Waals surface area contributed by atoms with Gasteiger partial charge in [-0.1, -0.05) is 84.7 Å². The van der Waals surface area contributed by atoms with Gasteiger partial charge >= 0.3 is 0 Å². The largest absolute Gasteiger partial charge is 0.352 e. The number of amides is 2. The van der Waals surface area contributed by atoms with Crippen LogP contribution in [0.15, 0.2) is 78.9 Å². The molecule has 3 aromatic carbocycles. The van der Waals surface area contributed by atoms with Gasteiger partial charge in [0, 0.05) is 29.1 Å². The van der Waals surface area contributed by atoms with Gasteiger partial charge in [0.25, 0.3) is 0 Å². The van der Waals surface area contributed by atoms with Gasteiger partial charge in [-0.05, 0) is 54.3 Å². The van der Waals surface area contributed by atoms with Crippen LogP contribution in [0.2, 0.25) is 10.0 Å². The first kappa shape index (κ1) is 25.8. The lowest BCUT2D eigenvalue weighted by molar-refractivity contribution is -0.141. The molecule has 0 radical (unpaired) electrons. The van der Waals surface area contributed by atoms with Crippen LogP contribution < -0.4 is 5.32 Å². The molecule has 3 aromatic rings. The molecule has 0 unspecified atom stereocenters. The van der Waals surface area contributed by atoms with E-state index in [4.69, 9.17) is 23.2 Å². The molecule has 0 aromatic heterocycles. The Labute approximate surface area is 211 Å². The van der Waals surface area contributed by atoms with Gasteiger partial charge in [-0.15, -0.1) is 0 Å². The second-order valence-corrected chi connectivity index (χ2v) is 9.35. The summed E-state index contributed by atoms with van der Waals surface area (Å²) in [5, 5.41) is 4.32. The third kappa shape index (κ3) is 7.61. The number of nitrogens with zero attached hydrogens (tertiary/aromatic N) is 1. The van der Waals surface area contributed by atoms with Gasteiger partial charge in [0.05, 0.1) is 6.42 Å². The van der Waals surface area contributed by atoms with Crippen LogP contribution in [0.1, 0.15) is 37.0 Å². The molecule has 0 saturated heterocycles. The van der Waals surface area contributed by atoms with Crippen molar-refractivity contribution in [3.05, 3.63) is 106 Å². The molecule has 2 atom stereocenters. The highest BCUT2D eigenvalue weighted by Crippen LogP contribution is 2.19. The molecule has 0 aliphatic rings. The van der Waals surface area contributed by atoms with Crippen molar-refractivity contribution in [2.24, 2.45) is 0 Å². The number of benzene rings is 3. The lowest BCUT2D eigenvalue weighted by Crippen LogP contribution is -2.52. The van der Waals surface area contributed by atoms with Crippen molar-refractivity contribution in [1.29, 1.82) is 0 Å². The SMILES string of the molecule is CC[C@@H](C)NC(=O)[C@H](Cc1ccccc1)N(Cc1ccc(Cl)cc1)C(=O)Cc1ccc(Cl)cc1. The van der Waals surface area contributed by atoms with Gasteiger partial charge < -0.3 is 10.2 Å². The fraction of sp³-hybridized carbons (Fsp3) is 0.286. The number of nitrogens with one attached hydrogen (secondary N) is 1. The molecule has 34 heavy (non-hydrogen) atoms. The van der Waals surface area contributed by atoms with E-state index in [1.807, 2.05) is 68.4 Å². The van der Waals surface area contributed by atoms with E-state index < -0.39 is 6.04 Å². The molecule has 0 saturated carbocycles. The maximum Gasteiger partial charge on any atom is 0.243 e. The summed E-state index contributed by atoms with van der Waals surface area (Å²) < 4.78 is 0. The standard InChI is InChI=1S/C28H30Cl2N2O2/c1-3-20(2)31-28(34)26(17-21-7-5-4-6-8-21)32(19-23-11-15-25(30)16-12-23)27(33)18-22-9-13-24(29)14-10-22/h4-16,20,26H,3,17-19H2,1-2H3,(H,31,34)/t20-,26+/m1/s1. The minimum absolute atomic E-state index is 0.00882. The molecule has 3 rings (SSSR count). The first-order valence-corrected chi connectivity index (χ1v) is 12.2. The predicted octanol–water partition coefficient (Wildman–Crippen LogP) is 6.09. The number of halogens is 2. The van der Waals surface area contributed by atoms with Crippen LogP contribution in [-0.4, -0.2) is 28.8 Å². The minimum Gasteiger partial charge on any atom is -0.352 e. The van der Waals surface area contributed by atoms with E-state index in [0.717, 1.165) is 23.1 Å².